The van der Waals surface area contributed by atoms with Crippen LogP contribution in [-0.4, -0.2) is 5.78 Å². The molecule has 56 valence electrons. The zero-order chi connectivity index (χ0) is 7.68. The summed E-state index contributed by atoms with van der Waals surface area (Å²) in [6.07, 6.45) is 4.08. The standard InChI is InChI=1S/C10H8O.Na.H/c11-10-6-5-8-3-1-2-4-9(8)7-10;;/h1-6H,7H2;;/q;+1;-1. The monoisotopic (exact) mass is 168 g/mol. The number of hydrogen-bond donors (Lipinski definition) is 0. The molecule has 0 fully saturated rings. The van der Waals surface area contributed by atoms with Crippen molar-refractivity contribution >= 4 is 11.9 Å². The number of ketones is 1. The summed E-state index contributed by atoms with van der Waals surface area (Å²) in [6.45, 7) is 0. The van der Waals surface area contributed by atoms with E-state index in [1.807, 2.05) is 30.3 Å². The number of fused-ring (bicyclic) bond motifs is 1. The smallest absolute Gasteiger partial charge is 1.00 e. The van der Waals surface area contributed by atoms with Gasteiger partial charge >= 0.3 is 29.6 Å². The number of carbonyl (C=O) groups excluding carboxylic acids is 1. The minimum atomic E-state index is 0. The predicted octanol–water partition coefficient (Wildman–Crippen LogP) is -1.06. The first kappa shape index (κ1) is 9.72. The summed E-state index contributed by atoms with van der Waals surface area (Å²) in [5, 5.41) is 0. The fourth-order valence-electron chi connectivity index (χ4n) is 1.29. The number of carbonyl (C=O) groups is 1. The Morgan fingerprint density at radius 2 is 1.92 bits per heavy atom. The third kappa shape index (κ3) is 1.86. The second-order valence-electron chi connectivity index (χ2n) is 2.68. The van der Waals surface area contributed by atoms with E-state index in [-0.39, 0.29) is 36.8 Å². The van der Waals surface area contributed by atoms with Crippen molar-refractivity contribution in [2.24, 2.45) is 0 Å². The van der Waals surface area contributed by atoms with Gasteiger partial charge in [0.25, 0.3) is 0 Å². The number of rotatable bonds is 0. The van der Waals surface area contributed by atoms with Gasteiger partial charge in [-0.05, 0) is 17.2 Å². The van der Waals surface area contributed by atoms with Crippen LogP contribution in [0.3, 0.4) is 0 Å². The van der Waals surface area contributed by atoms with Crippen molar-refractivity contribution in [3.63, 3.8) is 0 Å². The molecule has 0 saturated heterocycles. The van der Waals surface area contributed by atoms with Crippen molar-refractivity contribution in [1.82, 2.24) is 0 Å². The van der Waals surface area contributed by atoms with Crippen LogP contribution in [0.4, 0.5) is 0 Å². The molecule has 1 aliphatic rings. The number of allylic oxidation sites excluding steroid dienone is 1. The molecule has 0 N–H and O–H groups in total. The summed E-state index contributed by atoms with van der Waals surface area (Å²) in [5.74, 6) is 0.198. The van der Waals surface area contributed by atoms with Crippen LogP contribution in [0.15, 0.2) is 30.3 Å². The van der Waals surface area contributed by atoms with Gasteiger partial charge in [0.15, 0.2) is 5.78 Å². The molecule has 0 aliphatic heterocycles. The van der Waals surface area contributed by atoms with Gasteiger partial charge in [0, 0.05) is 6.42 Å². The summed E-state index contributed by atoms with van der Waals surface area (Å²) < 4.78 is 0. The normalized spacial score (nSPS) is 13.5. The van der Waals surface area contributed by atoms with Gasteiger partial charge in [0.05, 0.1) is 0 Å². The molecule has 0 spiro atoms. The van der Waals surface area contributed by atoms with E-state index >= 15 is 0 Å². The van der Waals surface area contributed by atoms with Crippen molar-refractivity contribution in [1.29, 1.82) is 0 Å². The average Bonchev–Trinajstić information content (AvgIpc) is 2.04. The molecule has 0 aromatic heterocycles. The molecule has 1 nitrogen and oxygen atoms in total. The van der Waals surface area contributed by atoms with Crippen LogP contribution in [0.25, 0.3) is 6.08 Å². The third-order valence-electron chi connectivity index (χ3n) is 1.87. The maximum Gasteiger partial charge on any atom is 1.00 e. The Labute approximate surface area is 95.3 Å². The van der Waals surface area contributed by atoms with E-state index in [4.69, 9.17) is 0 Å². The first-order valence-electron chi connectivity index (χ1n) is 3.65. The first-order chi connectivity index (χ1) is 5.36. The van der Waals surface area contributed by atoms with Gasteiger partial charge in [0.1, 0.15) is 0 Å². The molecule has 0 unspecified atom stereocenters. The molecule has 2 rings (SSSR count). The van der Waals surface area contributed by atoms with Crippen LogP contribution in [0.2, 0.25) is 0 Å². The molecule has 2 heteroatoms. The van der Waals surface area contributed by atoms with Crippen LogP contribution in [0, 0.1) is 0 Å². The fourth-order valence-corrected chi connectivity index (χ4v) is 1.29. The molecule has 0 amide bonds. The van der Waals surface area contributed by atoms with Crippen LogP contribution >= 0.6 is 0 Å². The zero-order valence-corrected chi connectivity index (χ0v) is 9.08. The van der Waals surface area contributed by atoms with Crippen molar-refractivity contribution < 1.29 is 35.8 Å². The maximum atomic E-state index is 10.9. The molecular formula is C10H9NaO. The van der Waals surface area contributed by atoms with Gasteiger partial charge in [-0.25, -0.2) is 0 Å². The van der Waals surface area contributed by atoms with Crippen molar-refractivity contribution in [2.45, 2.75) is 6.42 Å². The fraction of sp³-hybridized carbons (Fsp3) is 0.100. The van der Waals surface area contributed by atoms with E-state index in [0.29, 0.717) is 6.42 Å². The van der Waals surface area contributed by atoms with Gasteiger partial charge in [-0.3, -0.25) is 4.79 Å². The van der Waals surface area contributed by atoms with Gasteiger partial charge < -0.3 is 1.43 Å². The van der Waals surface area contributed by atoms with E-state index in [0.717, 1.165) is 5.56 Å². The van der Waals surface area contributed by atoms with E-state index in [9.17, 15) is 4.79 Å². The quantitative estimate of drug-likeness (QED) is 0.451. The molecule has 1 aromatic carbocycles. The van der Waals surface area contributed by atoms with Crippen LogP contribution in [-0.2, 0) is 11.2 Å². The molecule has 12 heavy (non-hydrogen) atoms. The second-order valence-corrected chi connectivity index (χ2v) is 2.68. The first-order valence-corrected chi connectivity index (χ1v) is 3.65. The summed E-state index contributed by atoms with van der Waals surface area (Å²) in [6, 6.07) is 7.97. The number of benzene rings is 1. The third-order valence-corrected chi connectivity index (χ3v) is 1.87. The Morgan fingerprint density at radius 3 is 2.75 bits per heavy atom. The Morgan fingerprint density at radius 1 is 1.17 bits per heavy atom. The summed E-state index contributed by atoms with van der Waals surface area (Å²) in [7, 11) is 0. The largest absolute Gasteiger partial charge is 1.00 e. The Hall–Kier alpha value is -0.370. The molecular weight excluding hydrogens is 159 g/mol. The van der Waals surface area contributed by atoms with Crippen LogP contribution in [0.5, 0.6) is 0 Å². The van der Waals surface area contributed by atoms with Crippen molar-refractivity contribution in [3.05, 3.63) is 41.5 Å². The van der Waals surface area contributed by atoms with Crippen LogP contribution in [0.1, 0.15) is 12.6 Å². The minimum Gasteiger partial charge on any atom is -1.00 e. The van der Waals surface area contributed by atoms with Crippen molar-refractivity contribution in [3.8, 4) is 0 Å². The molecule has 0 atom stereocenters. The Kier molecular flexibility index (Phi) is 3.27. The topological polar surface area (TPSA) is 17.1 Å². The van der Waals surface area contributed by atoms with Gasteiger partial charge in [0.2, 0.25) is 0 Å². The minimum absolute atomic E-state index is 0. The molecule has 0 saturated carbocycles. The SMILES string of the molecule is O=C1C=Cc2ccccc2C1.[H-].[Na+]. The van der Waals surface area contributed by atoms with Crippen molar-refractivity contribution in [2.75, 3.05) is 0 Å². The zero-order valence-electron chi connectivity index (χ0n) is 8.08. The number of hydrogen-bond acceptors (Lipinski definition) is 1. The van der Waals surface area contributed by atoms with E-state index in [1.54, 1.807) is 6.08 Å². The van der Waals surface area contributed by atoms with E-state index in [1.165, 1.54) is 5.56 Å². The van der Waals surface area contributed by atoms with E-state index < -0.39 is 0 Å². The summed E-state index contributed by atoms with van der Waals surface area (Å²) >= 11 is 0. The molecule has 1 aromatic rings. The molecule has 0 heterocycles. The average molecular weight is 168 g/mol. The Balaban J connectivity index is 0.000000720. The van der Waals surface area contributed by atoms with E-state index in [2.05, 4.69) is 0 Å². The van der Waals surface area contributed by atoms with Gasteiger partial charge in [-0.2, -0.15) is 0 Å². The Bertz CT molecular complexity index is 333. The molecule has 0 bridgehead atoms. The summed E-state index contributed by atoms with van der Waals surface area (Å²) in [5.41, 5.74) is 2.31. The predicted molar refractivity (Wildman–Crippen MR) is 45.3 cm³/mol. The van der Waals surface area contributed by atoms with Crippen LogP contribution < -0.4 is 29.6 Å². The second kappa shape index (κ2) is 4.04. The molecule has 1 aliphatic carbocycles. The molecule has 0 radical (unpaired) electrons. The van der Waals surface area contributed by atoms with Gasteiger partial charge in [-0.1, -0.05) is 30.3 Å². The van der Waals surface area contributed by atoms with Gasteiger partial charge in [-0.15, -0.1) is 0 Å². The maximum absolute atomic E-state index is 10.9. The summed E-state index contributed by atoms with van der Waals surface area (Å²) in [4.78, 5) is 10.9.